The van der Waals surface area contributed by atoms with Gasteiger partial charge in [-0.2, -0.15) is 0 Å². The van der Waals surface area contributed by atoms with Gasteiger partial charge in [-0.3, -0.25) is 14.4 Å². The van der Waals surface area contributed by atoms with Gasteiger partial charge in [0.2, 0.25) is 0 Å². The van der Waals surface area contributed by atoms with E-state index in [0.717, 1.165) is 128 Å². The SMILES string of the molecule is CC/C=C\C/C=C\C/C=C\C/C=C\C/C=C\C/C=C\CCCCC(=O)OC(COC(=O)CCCCCCC/C=C\C/C=C\CCC)COC(=O)CCCCCCCCCCCCC/C=C\C/C=C\CCCCCCC. The van der Waals surface area contributed by atoms with Gasteiger partial charge in [0.15, 0.2) is 6.10 Å². The lowest BCUT2D eigenvalue weighted by Crippen LogP contribution is -2.30. The summed E-state index contributed by atoms with van der Waals surface area (Å²) in [5, 5.41) is 0. The maximum atomic E-state index is 12.9. The first-order valence-electron chi connectivity index (χ1n) is 31.0. The van der Waals surface area contributed by atoms with Gasteiger partial charge in [-0.25, -0.2) is 0 Å². The minimum atomic E-state index is -0.812. The molecule has 0 N–H and O–H groups in total. The molecule has 0 aliphatic heterocycles. The molecule has 0 radical (unpaired) electrons. The van der Waals surface area contributed by atoms with E-state index in [1.807, 2.05) is 0 Å². The van der Waals surface area contributed by atoms with E-state index >= 15 is 0 Å². The molecule has 426 valence electrons. The molecule has 1 unspecified atom stereocenters. The third kappa shape index (κ3) is 60.6. The molecule has 0 rings (SSSR count). The highest BCUT2D eigenvalue weighted by Gasteiger charge is 2.19. The summed E-state index contributed by atoms with van der Waals surface area (Å²) in [6, 6.07) is 0. The van der Waals surface area contributed by atoms with E-state index in [1.54, 1.807) is 0 Å². The van der Waals surface area contributed by atoms with Crippen molar-refractivity contribution in [3.05, 3.63) is 122 Å². The van der Waals surface area contributed by atoms with E-state index in [4.69, 9.17) is 14.2 Å². The average molecular weight is 1040 g/mol. The second kappa shape index (κ2) is 62.4. The third-order valence-corrected chi connectivity index (χ3v) is 12.9. The van der Waals surface area contributed by atoms with Crippen molar-refractivity contribution in [2.45, 2.75) is 284 Å². The summed E-state index contributed by atoms with van der Waals surface area (Å²) < 4.78 is 16.9. The average Bonchev–Trinajstić information content (AvgIpc) is 3.41. The first-order chi connectivity index (χ1) is 37.0. The molecular weight excluding hydrogens is 925 g/mol. The van der Waals surface area contributed by atoms with E-state index < -0.39 is 6.10 Å². The van der Waals surface area contributed by atoms with Crippen molar-refractivity contribution in [1.82, 2.24) is 0 Å². The van der Waals surface area contributed by atoms with E-state index in [1.165, 1.54) is 103 Å². The number of carbonyl (C=O) groups excluding carboxylic acids is 3. The molecule has 1 atom stereocenters. The molecule has 0 bridgehead atoms. The Balaban J connectivity index is 4.43. The Kier molecular flexibility index (Phi) is 58.9. The first kappa shape index (κ1) is 70.8. The molecule has 75 heavy (non-hydrogen) atoms. The Morgan fingerprint density at radius 1 is 0.280 bits per heavy atom. The molecule has 0 aromatic carbocycles. The summed E-state index contributed by atoms with van der Waals surface area (Å²) in [5.74, 6) is -0.962. The van der Waals surface area contributed by atoms with Crippen LogP contribution in [0.3, 0.4) is 0 Å². The largest absolute Gasteiger partial charge is 0.462 e. The summed E-state index contributed by atoms with van der Waals surface area (Å²) >= 11 is 0. The summed E-state index contributed by atoms with van der Waals surface area (Å²) in [6.07, 6.45) is 86.3. The van der Waals surface area contributed by atoms with Crippen molar-refractivity contribution in [2.24, 2.45) is 0 Å². The van der Waals surface area contributed by atoms with Crippen LogP contribution in [0.2, 0.25) is 0 Å². The highest BCUT2D eigenvalue weighted by Crippen LogP contribution is 2.15. The monoisotopic (exact) mass is 1040 g/mol. The molecule has 0 saturated carbocycles. The minimum absolute atomic E-state index is 0.104. The van der Waals surface area contributed by atoms with Crippen molar-refractivity contribution in [3.63, 3.8) is 0 Å². The van der Waals surface area contributed by atoms with E-state index in [9.17, 15) is 14.4 Å². The lowest BCUT2D eigenvalue weighted by molar-refractivity contribution is -0.167. The fourth-order valence-corrected chi connectivity index (χ4v) is 8.28. The van der Waals surface area contributed by atoms with Crippen LogP contribution in [-0.2, 0) is 28.6 Å². The summed E-state index contributed by atoms with van der Waals surface area (Å²) in [4.78, 5) is 38.2. The quantitative estimate of drug-likeness (QED) is 0.0261. The predicted octanol–water partition coefficient (Wildman–Crippen LogP) is 21.2. The Hall–Kier alpha value is -4.19. The fraction of sp³-hybridized carbons (Fsp3) is 0.667. The number of unbranched alkanes of at least 4 members (excludes halogenated alkanes) is 24. The zero-order valence-electron chi connectivity index (χ0n) is 48.8. The molecule has 0 amide bonds. The van der Waals surface area contributed by atoms with Crippen LogP contribution in [0.4, 0.5) is 0 Å². The molecule has 0 aliphatic carbocycles. The van der Waals surface area contributed by atoms with Gasteiger partial charge in [0.25, 0.3) is 0 Å². The molecule has 0 spiro atoms. The number of rotatable bonds is 55. The van der Waals surface area contributed by atoms with Gasteiger partial charge >= 0.3 is 17.9 Å². The van der Waals surface area contributed by atoms with E-state index in [-0.39, 0.29) is 37.5 Å². The van der Waals surface area contributed by atoms with Crippen LogP contribution in [0.5, 0.6) is 0 Å². The maximum Gasteiger partial charge on any atom is 0.306 e. The van der Waals surface area contributed by atoms with Crippen LogP contribution in [0.1, 0.15) is 278 Å². The van der Waals surface area contributed by atoms with Gasteiger partial charge in [-0.05, 0) is 128 Å². The first-order valence-corrected chi connectivity index (χ1v) is 31.0. The van der Waals surface area contributed by atoms with Crippen LogP contribution < -0.4 is 0 Å². The number of ether oxygens (including phenoxy) is 3. The van der Waals surface area contributed by atoms with E-state index in [2.05, 4.69) is 142 Å². The second-order valence-corrected chi connectivity index (χ2v) is 20.2. The van der Waals surface area contributed by atoms with Crippen molar-refractivity contribution < 1.29 is 28.6 Å². The molecule has 6 nitrogen and oxygen atoms in total. The van der Waals surface area contributed by atoms with Gasteiger partial charge in [0.05, 0.1) is 0 Å². The maximum absolute atomic E-state index is 12.9. The number of carbonyl (C=O) groups is 3. The molecule has 0 aromatic heterocycles. The van der Waals surface area contributed by atoms with Gasteiger partial charge < -0.3 is 14.2 Å². The zero-order chi connectivity index (χ0) is 54.3. The molecule has 0 aliphatic rings. The zero-order valence-corrected chi connectivity index (χ0v) is 48.8. The van der Waals surface area contributed by atoms with Gasteiger partial charge in [-0.15, -0.1) is 0 Å². The van der Waals surface area contributed by atoms with Crippen LogP contribution in [0.25, 0.3) is 0 Å². The van der Waals surface area contributed by atoms with Gasteiger partial charge in [0, 0.05) is 19.3 Å². The molecule has 0 fully saturated rings. The van der Waals surface area contributed by atoms with Gasteiger partial charge in [-0.1, -0.05) is 251 Å². The van der Waals surface area contributed by atoms with Crippen LogP contribution in [-0.4, -0.2) is 37.2 Å². The predicted molar refractivity (Wildman–Crippen MR) is 325 cm³/mol. The van der Waals surface area contributed by atoms with Crippen molar-refractivity contribution in [1.29, 1.82) is 0 Å². The Bertz CT molecular complexity index is 1570. The van der Waals surface area contributed by atoms with Crippen LogP contribution in [0, 0.1) is 0 Å². The van der Waals surface area contributed by atoms with Crippen LogP contribution >= 0.6 is 0 Å². The summed E-state index contributed by atoms with van der Waals surface area (Å²) in [7, 11) is 0. The summed E-state index contributed by atoms with van der Waals surface area (Å²) in [5.41, 5.74) is 0. The topological polar surface area (TPSA) is 78.9 Å². The van der Waals surface area contributed by atoms with Gasteiger partial charge in [0.1, 0.15) is 13.2 Å². The smallest absolute Gasteiger partial charge is 0.306 e. The van der Waals surface area contributed by atoms with Crippen LogP contribution in [0.15, 0.2) is 122 Å². The third-order valence-electron chi connectivity index (χ3n) is 12.9. The lowest BCUT2D eigenvalue weighted by Gasteiger charge is -2.18. The van der Waals surface area contributed by atoms with E-state index in [0.29, 0.717) is 19.3 Å². The Labute approximate surface area is 462 Å². The molecule has 6 heteroatoms. The highest BCUT2D eigenvalue weighted by atomic mass is 16.6. The number of hydrogen-bond donors (Lipinski definition) is 0. The Morgan fingerprint density at radius 2 is 0.547 bits per heavy atom. The molecule has 0 heterocycles. The fourth-order valence-electron chi connectivity index (χ4n) is 8.28. The molecular formula is C69H114O6. The highest BCUT2D eigenvalue weighted by molar-refractivity contribution is 5.71. The minimum Gasteiger partial charge on any atom is -0.462 e. The number of hydrogen-bond acceptors (Lipinski definition) is 6. The lowest BCUT2D eigenvalue weighted by atomic mass is 10.0. The van der Waals surface area contributed by atoms with Crippen molar-refractivity contribution in [2.75, 3.05) is 13.2 Å². The molecule has 0 aromatic rings. The molecule has 0 saturated heterocycles. The van der Waals surface area contributed by atoms with Crippen molar-refractivity contribution >= 4 is 17.9 Å². The van der Waals surface area contributed by atoms with Crippen molar-refractivity contribution in [3.8, 4) is 0 Å². The normalized spacial score (nSPS) is 12.9. The second-order valence-electron chi connectivity index (χ2n) is 20.2. The summed E-state index contributed by atoms with van der Waals surface area (Å²) in [6.45, 7) is 6.41. The number of allylic oxidation sites excluding steroid dienone is 20. The standard InChI is InChI=1S/C69H114O6/c1-4-7-10-13-16-19-22-25-27-29-31-33-34-36-37-39-41-44-47-50-53-56-59-62-68(71)74-65-66(64-73-67(70)61-58-55-52-49-46-43-24-21-18-15-12-9-6-3)75-69(72)63-60-57-54-51-48-45-42-40-38-35-32-30-28-26-23-20-17-14-11-8-5-2/h8,11-12,15,17,20-22,24-26,28-29,31-32,35,40,42,48,51,66H,4-7,9-10,13-14,16,18-19,23,27,30,33-34,36-39,41,43-47,49-50,52-65H2,1-3H3/b11-8-,15-12-,20-17-,24-21-,25-22-,28-26-,31-29-,35-32-,42-40-,51-48-. The Morgan fingerprint density at radius 3 is 0.893 bits per heavy atom. The number of esters is 3.